The lowest BCUT2D eigenvalue weighted by molar-refractivity contribution is 0.824. The molecule has 2 nitrogen and oxygen atoms in total. The van der Waals surface area contributed by atoms with Gasteiger partial charge in [-0.05, 0) is 12.5 Å². The number of allylic oxidation sites excluding steroid dienone is 1. The van der Waals surface area contributed by atoms with Crippen LogP contribution in [-0.4, -0.2) is 14.1 Å². The van der Waals surface area contributed by atoms with E-state index < -0.39 is 0 Å². The minimum atomic E-state index is 1.07. The second kappa shape index (κ2) is 4.50. The third kappa shape index (κ3) is 2.50. The van der Waals surface area contributed by atoms with E-state index in [0.717, 1.165) is 12.2 Å². The normalized spacial score (nSPS) is 7.88. The first kappa shape index (κ1) is 7.34. The summed E-state index contributed by atoms with van der Waals surface area (Å²) < 4.78 is 0. The lowest BCUT2D eigenvalue weighted by atomic mass is 10.4. The first-order valence-electron chi connectivity index (χ1n) is 2.90. The zero-order valence-corrected chi connectivity index (χ0v) is 5.78. The van der Waals surface area contributed by atoms with Crippen molar-refractivity contribution in [3.8, 4) is 0 Å². The van der Waals surface area contributed by atoms with E-state index in [2.05, 4.69) is 23.6 Å². The first-order valence-corrected chi connectivity index (χ1v) is 2.90. The van der Waals surface area contributed by atoms with Crippen LogP contribution in [0.1, 0.15) is 13.3 Å². The summed E-state index contributed by atoms with van der Waals surface area (Å²) >= 11 is 0. The van der Waals surface area contributed by atoms with Gasteiger partial charge in [-0.3, -0.25) is 0 Å². The summed E-state index contributed by atoms with van der Waals surface area (Å²) in [5.74, 6) is 1.09. The Morgan fingerprint density at radius 2 is 1.88 bits per heavy atom. The molecule has 48 valence electrons. The summed E-state index contributed by atoms with van der Waals surface area (Å²) in [4.78, 5) is 0. The van der Waals surface area contributed by atoms with Gasteiger partial charge in [0, 0.05) is 14.1 Å². The highest BCUT2D eigenvalue weighted by atomic mass is 15.0. The summed E-state index contributed by atoms with van der Waals surface area (Å²) in [5.41, 5.74) is 0. The van der Waals surface area contributed by atoms with E-state index in [4.69, 9.17) is 0 Å². The maximum Gasteiger partial charge on any atom is 0.0940 e. The molecular weight excluding hydrogens is 100 g/mol. The summed E-state index contributed by atoms with van der Waals surface area (Å²) in [6.07, 6.45) is 3.16. The average Bonchev–Trinajstić information content (AvgIpc) is 1.83. The second-order valence-electron chi connectivity index (χ2n) is 1.53. The molecule has 0 rings (SSSR count). The molecule has 0 aromatic carbocycles. The van der Waals surface area contributed by atoms with Gasteiger partial charge in [0.15, 0.2) is 0 Å². The van der Waals surface area contributed by atoms with Gasteiger partial charge in [-0.25, -0.2) is 0 Å². The molecule has 0 fully saturated rings. The molecule has 8 heavy (non-hydrogen) atoms. The molecule has 0 aromatic heterocycles. The SMILES string of the molecule is CCC=C(NC)NC. The van der Waals surface area contributed by atoms with E-state index in [0.29, 0.717) is 0 Å². The Morgan fingerprint density at radius 1 is 1.38 bits per heavy atom. The zero-order chi connectivity index (χ0) is 6.41. The molecule has 0 unspecified atom stereocenters. The Hall–Kier alpha value is -0.660. The largest absolute Gasteiger partial charge is 0.375 e. The highest BCUT2D eigenvalue weighted by Gasteiger charge is 1.80. The first-order chi connectivity index (χ1) is 3.85. The van der Waals surface area contributed by atoms with Crippen LogP contribution in [0.4, 0.5) is 0 Å². The summed E-state index contributed by atoms with van der Waals surface area (Å²) in [6, 6.07) is 0. The predicted octanol–water partition coefficient (Wildman–Crippen LogP) is 0.677. The fraction of sp³-hybridized carbons (Fsp3) is 0.667. The van der Waals surface area contributed by atoms with Crippen LogP contribution in [0.2, 0.25) is 0 Å². The second-order valence-corrected chi connectivity index (χ2v) is 1.53. The number of rotatable bonds is 3. The number of nitrogens with one attached hydrogen (secondary N) is 2. The standard InChI is InChI=1S/C6H14N2/c1-4-5-6(7-2)8-3/h5,7-8H,4H2,1-3H3. The van der Waals surface area contributed by atoms with Crippen molar-refractivity contribution in [3.05, 3.63) is 11.9 Å². The van der Waals surface area contributed by atoms with E-state index in [-0.39, 0.29) is 0 Å². The Morgan fingerprint density at radius 3 is 2.00 bits per heavy atom. The Bertz CT molecular complexity index is 70.6. The quantitative estimate of drug-likeness (QED) is 0.563. The predicted molar refractivity (Wildman–Crippen MR) is 36.5 cm³/mol. The van der Waals surface area contributed by atoms with Gasteiger partial charge in [-0.1, -0.05) is 6.92 Å². The number of hydrogen-bond donors (Lipinski definition) is 2. The third-order valence-corrected chi connectivity index (χ3v) is 0.947. The molecule has 0 heterocycles. The lowest BCUT2D eigenvalue weighted by Gasteiger charge is -2.02. The molecule has 0 amide bonds. The molecule has 0 aromatic rings. The molecule has 0 atom stereocenters. The van der Waals surface area contributed by atoms with Crippen molar-refractivity contribution in [3.63, 3.8) is 0 Å². The van der Waals surface area contributed by atoms with Crippen molar-refractivity contribution >= 4 is 0 Å². The Balaban J connectivity index is 3.49. The van der Waals surface area contributed by atoms with Crippen LogP contribution in [0.15, 0.2) is 11.9 Å². The minimum Gasteiger partial charge on any atom is -0.375 e. The van der Waals surface area contributed by atoms with E-state index in [1.807, 2.05) is 14.1 Å². The molecule has 0 bridgehead atoms. The lowest BCUT2D eigenvalue weighted by Crippen LogP contribution is -2.18. The van der Waals surface area contributed by atoms with Crippen molar-refractivity contribution in [2.45, 2.75) is 13.3 Å². The van der Waals surface area contributed by atoms with Gasteiger partial charge in [0.25, 0.3) is 0 Å². The highest BCUT2D eigenvalue weighted by molar-refractivity contribution is 4.93. The van der Waals surface area contributed by atoms with Gasteiger partial charge >= 0.3 is 0 Å². The van der Waals surface area contributed by atoms with Crippen molar-refractivity contribution in [2.75, 3.05) is 14.1 Å². The summed E-state index contributed by atoms with van der Waals surface area (Å²) in [5, 5.41) is 6.01. The van der Waals surface area contributed by atoms with Crippen molar-refractivity contribution < 1.29 is 0 Å². The molecule has 0 saturated carbocycles. The van der Waals surface area contributed by atoms with Crippen LogP contribution in [-0.2, 0) is 0 Å². The topological polar surface area (TPSA) is 24.1 Å². The highest BCUT2D eigenvalue weighted by Crippen LogP contribution is 1.82. The molecule has 0 aliphatic heterocycles. The molecule has 0 saturated heterocycles. The van der Waals surface area contributed by atoms with E-state index in [1.54, 1.807) is 0 Å². The van der Waals surface area contributed by atoms with Crippen LogP contribution in [0.5, 0.6) is 0 Å². The molecule has 0 aliphatic rings. The Labute approximate surface area is 51.0 Å². The molecule has 2 N–H and O–H groups in total. The number of hydrogen-bond acceptors (Lipinski definition) is 2. The van der Waals surface area contributed by atoms with Crippen LogP contribution in [0, 0.1) is 0 Å². The van der Waals surface area contributed by atoms with Gasteiger partial charge in [0.05, 0.1) is 5.82 Å². The maximum absolute atomic E-state index is 3.00. The molecule has 0 radical (unpaired) electrons. The summed E-state index contributed by atoms with van der Waals surface area (Å²) in [6.45, 7) is 2.11. The summed E-state index contributed by atoms with van der Waals surface area (Å²) in [7, 11) is 3.80. The molecule has 0 aliphatic carbocycles. The van der Waals surface area contributed by atoms with Gasteiger partial charge < -0.3 is 10.6 Å². The smallest absolute Gasteiger partial charge is 0.0940 e. The van der Waals surface area contributed by atoms with E-state index >= 15 is 0 Å². The van der Waals surface area contributed by atoms with Crippen LogP contribution < -0.4 is 10.6 Å². The van der Waals surface area contributed by atoms with Crippen LogP contribution in [0.3, 0.4) is 0 Å². The fourth-order valence-electron chi connectivity index (χ4n) is 0.533. The van der Waals surface area contributed by atoms with Crippen molar-refractivity contribution in [2.24, 2.45) is 0 Å². The molecular formula is C6H14N2. The van der Waals surface area contributed by atoms with Gasteiger partial charge in [-0.15, -0.1) is 0 Å². The van der Waals surface area contributed by atoms with Crippen LogP contribution in [0.25, 0.3) is 0 Å². The van der Waals surface area contributed by atoms with E-state index in [1.165, 1.54) is 0 Å². The minimum absolute atomic E-state index is 1.07. The maximum atomic E-state index is 3.00. The van der Waals surface area contributed by atoms with Gasteiger partial charge in [0.2, 0.25) is 0 Å². The van der Waals surface area contributed by atoms with E-state index in [9.17, 15) is 0 Å². The van der Waals surface area contributed by atoms with Gasteiger partial charge in [0.1, 0.15) is 0 Å². The average molecular weight is 114 g/mol. The molecule has 2 heteroatoms. The van der Waals surface area contributed by atoms with Crippen LogP contribution >= 0.6 is 0 Å². The van der Waals surface area contributed by atoms with Crippen molar-refractivity contribution in [1.82, 2.24) is 10.6 Å². The molecule has 0 spiro atoms. The van der Waals surface area contributed by atoms with Crippen molar-refractivity contribution in [1.29, 1.82) is 0 Å². The Kier molecular flexibility index (Phi) is 4.13. The third-order valence-electron chi connectivity index (χ3n) is 0.947. The monoisotopic (exact) mass is 114 g/mol. The zero-order valence-electron chi connectivity index (χ0n) is 5.78. The fourth-order valence-corrected chi connectivity index (χ4v) is 0.533. The van der Waals surface area contributed by atoms with Gasteiger partial charge in [-0.2, -0.15) is 0 Å².